The van der Waals surface area contributed by atoms with Crippen molar-refractivity contribution in [1.29, 1.82) is 0 Å². The van der Waals surface area contributed by atoms with Crippen LogP contribution in [0.3, 0.4) is 0 Å². The highest BCUT2D eigenvalue weighted by atomic mass is 19.1. The number of hydrogen-bond acceptors (Lipinski definition) is 5. The average Bonchev–Trinajstić information content (AvgIpc) is 3.34. The van der Waals surface area contributed by atoms with Crippen LogP contribution in [-0.2, 0) is 18.7 Å². The normalized spacial score (nSPS) is 14.8. The van der Waals surface area contributed by atoms with Gasteiger partial charge in [-0.2, -0.15) is 0 Å². The molecular weight excluding hydrogens is 411 g/mol. The molecule has 0 unspecified atom stereocenters. The molecule has 0 spiro atoms. The Morgan fingerprint density at radius 2 is 1.97 bits per heavy atom. The van der Waals surface area contributed by atoms with Crippen molar-refractivity contribution in [3.63, 3.8) is 0 Å². The number of hydrogen-bond donors (Lipinski definition) is 1. The van der Waals surface area contributed by atoms with Crippen LogP contribution in [0.5, 0.6) is 11.5 Å². The predicted octanol–water partition coefficient (Wildman–Crippen LogP) is 4.31. The van der Waals surface area contributed by atoms with E-state index in [-0.39, 0.29) is 25.1 Å². The number of pyridine rings is 1. The highest BCUT2D eigenvalue weighted by molar-refractivity contribution is 5.97. The van der Waals surface area contributed by atoms with Crippen molar-refractivity contribution in [2.24, 2.45) is 0 Å². The largest absolute Gasteiger partial charge is 0.454 e. The summed E-state index contributed by atoms with van der Waals surface area (Å²) in [5.41, 5.74) is 3.29. The van der Waals surface area contributed by atoms with Crippen molar-refractivity contribution in [3.8, 4) is 22.6 Å². The molecule has 0 bridgehead atoms. The number of rotatable bonds is 4. The zero-order valence-electron chi connectivity index (χ0n) is 18.1. The number of aliphatic hydroxyl groups is 1. The number of benzene rings is 2. The summed E-state index contributed by atoms with van der Waals surface area (Å²) in [6.45, 7) is 5.79. The number of nitrogens with zero attached hydrogens (tertiary/aromatic N) is 2. The topological polar surface area (TPSA) is 71.9 Å². The van der Waals surface area contributed by atoms with Crippen molar-refractivity contribution in [3.05, 3.63) is 76.4 Å². The van der Waals surface area contributed by atoms with Gasteiger partial charge in [-0.1, -0.05) is 6.07 Å². The van der Waals surface area contributed by atoms with E-state index in [4.69, 9.17) is 9.47 Å². The maximum absolute atomic E-state index is 15.3. The number of amides is 1. The first kappa shape index (κ1) is 20.5. The molecule has 3 heterocycles. The zero-order valence-corrected chi connectivity index (χ0v) is 18.1. The summed E-state index contributed by atoms with van der Waals surface area (Å²) >= 11 is 0. The minimum absolute atomic E-state index is 0.0787. The monoisotopic (exact) mass is 434 g/mol. The van der Waals surface area contributed by atoms with Gasteiger partial charge in [-0.25, -0.2) is 4.39 Å². The van der Waals surface area contributed by atoms with Crippen molar-refractivity contribution in [2.45, 2.75) is 39.5 Å². The molecule has 0 saturated heterocycles. The Morgan fingerprint density at radius 3 is 2.69 bits per heavy atom. The molecule has 3 aromatic rings. The van der Waals surface area contributed by atoms with Crippen molar-refractivity contribution < 1.29 is 23.8 Å². The van der Waals surface area contributed by atoms with Crippen molar-refractivity contribution in [1.82, 2.24) is 9.88 Å². The minimum atomic E-state index is -1.15. The molecule has 0 radical (unpaired) electrons. The van der Waals surface area contributed by atoms with Crippen LogP contribution >= 0.6 is 0 Å². The Balaban J connectivity index is 1.49. The maximum atomic E-state index is 15.3. The first-order chi connectivity index (χ1) is 15.2. The first-order valence-corrected chi connectivity index (χ1v) is 10.4. The number of aromatic nitrogens is 1. The molecule has 6 nitrogen and oxygen atoms in total. The van der Waals surface area contributed by atoms with E-state index in [1.54, 1.807) is 49.2 Å². The standard InChI is InChI=1S/C25H23FN2O4/c1-14-7-15(16-8-19(25(2,3)30)23-22(10-16)31-13-32-23)9-20(26)18(14)11-28-12-21-17(24(28)29)5-4-6-27-21/h4-10,30H,11-13H2,1-3H3. The molecule has 164 valence electrons. The summed E-state index contributed by atoms with van der Waals surface area (Å²) in [4.78, 5) is 18.5. The predicted molar refractivity (Wildman–Crippen MR) is 116 cm³/mol. The van der Waals surface area contributed by atoms with E-state index in [1.165, 1.54) is 6.07 Å². The van der Waals surface area contributed by atoms with Gasteiger partial charge < -0.3 is 19.5 Å². The van der Waals surface area contributed by atoms with E-state index < -0.39 is 5.60 Å². The molecular formula is C25H23FN2O4. The molecule has 7 heteroatoms. The highest BCUT2D eigenvalue weighted by Gasteiger charge is 2.30. The van der Waals surface area contributed by atoms with Gasteiger partial charge in [-0.05, 0) is 67.8 Å². The molecule has 1 aromatic heterocycles. The molecule has 0 aliphatic carbocycles. The zero-order chi connectivity index (χ0) is 22.6. The van der Waals surface area contributed by atoms with Crippen LogP contribution in [0.1, 0.15) is 46.6 Å². The summed E-state index contributed by atoms with van der Waals surface area (Å²) < 4.78 is 26.3. The SMILES string of the molecule is Cc1cc(-c2cc3c(c(C(C)(C)O)c2)OCO3)cc(F)c1CN1Cc2ncccc2C1=O. The highest BCUT2D eigenvalue weighted by Crippen LogP contribution is 2.44. The van der Waals surface area contributed by atoms with Gasteiger partial charge >= 0.3 is 0 Å². The molecule has 0 atom stereocenters. The molecule has 32 heavy (non-hydrogen) atoms. The molecule has 2 aliphatic rings. The van der Waals surface area contributed by atoms with Gasteiger partial charge in [0, 0.05) is 23.9 Å². The van der Waals surface area contributed by atoms with E-state index in [1.807, 2.05) is 13.0 Å². The number of carbonyl (C=O) groups excluding carboxylic acids is 1. The minimum Gasteiger partial charge on any atom is -0.454 e. The summed E-state index contributed by atoms with van der Waals surface area (Å²) in [6, 6.07) is 10.4. The molecule has 0 fully saturated rings. The number of halogens is 1. The second-order valence-corrected chi connectivity index (χ2v) is 8.73. The molecule has 0 saturated carbocycles. The molecule has 1 N–H and O–H groups in total. The van der Waals surface area contributed by atoms with Crippen LogP contribution in [0.25, 0.3) is 11.1 Å². The molecule has 2 aliphatic heterocycles. The van der Waals surface area contributed by atoms with Crippen LogP contribution in [0.2, 0.25) is 0 Å². The first-order valence-electron chi connectivity index (χ1n) is 10.4. The van der Waals surface area contributed by atoms with Gasteiger partial charge in [0.2, 0.25) is 6.79 Å². The van der Waals surface area contributed by atoms with Gasteiger partial charge in [0.25, 0.3) is 5.91 Å². The maximum Gasteiger partial charge on any atom is 0.256 e. The number of aryl methyl sites for hydroxylation is 1. The van der Waals surface area contributed by atoms with Gasteiger partial charge in [-0.3, -0.25) is 9.78 Å². The van der Waals surface area contributed by atoms with Gasteiger partial charge in [-0.15, -0.1) is 0 Å². The van der Waals surface area contributed by atoms with Crippen LogP contribution in [0.15, 0.2) is 42.6 Å². The van der Waals surface area contributed by atoms with Gasteiger partial charge in [0.1, 0.15) is 5.82 Å². The third kappa shape index (κ3) is 3.39. The van der Waals surface area contributed by atoms with Crippen molar-refractivity contribution in [2.75, 3.05) is 6.79 Å². The summed E-state index contributed by atoms with van der Waals surface area (Å²) in [7, 11) is 0. The Kier molecular flexibility index (Phi) is 4.67. The fourth-order valence-corrected chi connectivity index (χ4v) is 4.27. The summed E-state index contributed by atoms with van der Waals surface area (Å²) in [5.74, 6) is 0.506. The Bertz CT molecular complexity index is 1230. The lowest BCUT2D eigenvalue weighted by Crippen LogP contribution is -2.24. The van der Waals surface area contributed by atoms with Crippen LogP contribution in [0, 0.1) is 12.7 Å². The Morgan fingerprint density at radius 1 is 1.19 bits per heavy atom. The average molecular weight is 434 g/mol. The van der Waals surface area contributed by atoms with Crippen LogP contribution in [-0.4, -0.2) is 27.7 Å². The lowest BCUT2D eigenvalue weighted by Gasteiger charge is -2.21. The molecule has 1 amide bonds. The lowest BCUT2D eigenvalue weighted by atomic mass is 9.91. The van der Waals surface area contributed by atoms with Gasteiger partial charge in [0.05, 0.1) is 23.4 Å². The van der Waals surface area contributed by atoms with E-state index in [9.17, 15) is 9.90 Å². The molecule has 2 aromatic carbocycles. The van der Waals surface area contributed by atoms with Crippen LogP contribution < -0.4 is 9.47 Å². The van der Waals surface area contributed by atoms with Gasteiger partial charge in [0.15, 0.2) is 11.5 Å². The van der Waals surface area contributed by atoms with E-state index in [2.05, 4.69) is 4.98 Å². The van der Waals surface area contributed by atoms with Crippen LogP contribution in [0.4, 0.5) is 4.39 Å². The third-order valence-corrected chi connectivity index (χ3v) is 5.98. The molecule has 5 rings (SSSR count). The lowest BCUT2D eigenvalue weighted by molar-refractivity contribution is 0.0742. The van der Waals surface area contributed by atoms with Crippen molar-refractivity contribution >= 4 is 5.91 Å². The summed E-state index contributed by atoms with van der Waals surface area (Å²) in [5, 5.41) is 10.6. The second-order valence-electron chi connectivity index (χ2n) is 8.73. The number of ether oxygens (including phenoxy) is 2. The Labute approximate surface area is 185 Å². The summed E-state index contributed by atoms with van der Waals surface area (Å²) in [6.07, 6.45) is 1.66. The second kappa shape index (κ2) is 7.31. The van der Waals surface area contributed by atoms with E-state index >= 15 is 4.39 Å². The fourth-order valence-electron chi connectivity index (χ4n) is 4.27. The number of carbonyl (C=O) groups is 1. The third-order valence-electron chi connectivity index (χ3n) is 5.98. The smallest absolute Gasteiger partial charge is 0.256 e. The fraction of sp³-hybridized carbons (Fsp3) is 0.280. The van der Waals surface area contributed by atoms with E-state index in [0.29, 0.717) is 51.6 Å². The quantitative estimate of drug-likeness (QED) is 0.663. The number of fused-ring (bicyclic) bond motifs is 2. The van der Waals surface area contributed by atoms with E-state index in [0.717, 1.165) is 5.56 Å². The Hall–Kier alpha value is -3.45.